The van der Waals surface area contributed by atoms with Crippen LogP contribution in [0.4, 0.5) is 0 Å². The van der Waals surface area contributed by atoms with Crippen molar-refractivity contribution in [3.05, 3.63) is 89.5 Å². The van der Waals surface area contributed by atoms with Crippen LogP contribution >= 0.6 is 0 Å². The molecule has 0 aliphatic carbocycles. The van der Waals surface area contributed by atoms with Crippen molar-refractivity contribution in [2.75, 3.05) is 27.3 Å². The van der Waals surface area contributed by atoms with Gasteiger partial charge in [-0.3, -0.25) is 4.90 Å². The molecule has 0 unspecified atom stereocenters. The molecule has 0 saturated heterocycles. The molecule has 0 amide bonds. The number of benzene rings is 3. The molecular weight excluding hydrogens is 412 g/mol. The third-order valence-electron chi connectivity index (χ3n) is 6.31. The topological polar surface area (TPSA) is 47.7 Å². The lowest BCUT2D eigenvalue weighted by molar-refractivity contribution is 0.273. The van der Waals surface area contributed by atoms with E-state index in [9.17, 15) is 0 Å². The zero-order chi connectivity index (χ0) is 22.6. The fourth-order valence-corrected chi connectivity index (χ4v) is 4.57. The summed E-state index contributed by atoms with van der Waals surface area (Å²) in [5.74, 6) is 2.25. The number of methoxy groups -OCH3 is 2. The third kappa shape index (κ3) is 4.37. The van der Waals surface area contributed by atoms with Gasteiger partial charge in [0.25, 0.3) is 0 Å². The van der Waals surface area contributed by atoms with Crippen molar-refractivity contribution in [3.63, 3.8) is 0 Å². The quantitative estimate of drug-likeness (QED) is 0.403. The molecule has 1 aromatic heterocycles. The summed E-state index contributed by atoms with van der Waals surface area (Å²) >= 11 is 0. The summed E-state index contributed by atoms with van der Waals surface area (Å²) < 4.78 is 17.2. The number of fused-ring (bicyclic) bond motifs is 3. The Morgan fingerprint density at radius 3 is 2.24 bits per heavy atom. The lowest BCUT2D eigenvalue weighted by Crippen LogP contribution is -2.27. The summed E-state index contributed by atoms with van der Waals surface area (Å²) in [4.78, 5) is 2.51. The zero-order valence-corrected chi connectivity index (χ0v) is 19.1. The van der Waals surface area contributed by atoms with Crippen LogP contribution in [0.5, 0.6) is 11.5 Å². The standard InChI is InChI=1S/C28H28N2O3/c1-31-25-17-22-13-15-30(19-20-9-5-3-6-10-20)16-14-23-27(21-11-7-4-8-12-21)29-33-28(23)24(22)18-26(25)32-2/h3-12,17-18H,13-16,19H2,1-2H3. The van der Waals surface area contributed by atoms with Crippen LogP contribution in [0, 0.1) is 0 Å². The van der Waals surface area contributed by atoms with Crippen LogP contribution < -0.4 is 9.47 Å². The SMILES string of the molecule is COc1cc2c(cc1OC)-c1onc(-c3ccccc3)c1CCN(Cc1ccccc1)CC2. The van der Waals surface area contributed by atoms with E-state index in [2.05, 4.69) is 58.6 Å². The molecule has 1 aliphatic rings. The second-order valence-corrected chi connectivity index (χ2v) is 8.33. The van der Waals surface area contributed by atoms with Gasteiger partial charge in [0, 0.05) is 36.3 Å². The van der Waals surface area contributed by atoms with Crippen LogP contribution in [-0.2, 0) is 19.4 Å². The first-order valence-electron chi connectivity index (χ1n) is 11.3. The van der Waals surface area contributed by atoms with E-state index in [1.54, 1.807) is 14.2 Å². The van der Waals surface area contributed by atoms with Gasteiger partial charge in [0.15, 0.2) is 17.3 Å². The first kappa shape index (κ1) is 21.3. The molecule has 4 aromatic rings. The van der Waals surface area contributed by atoms with Crippen LogP contribution in [-0.4, -0.2) is 37.4 Å². The Bertz CT molecular complexity index is 1220. The number of hydrogen-bond acceptors (Lipinski definition) is 5. The molecule has 0 atom stereocenters. The van der Waals surface area contributed by atoms with E-state index in [0.717, 1.165) is 66.4 Å². The molecule has 1 aliphatic heterocycles. The van der Waals surface area contributed by atoms with E-state index >= 15 is 0 Å². The number of ether oxygens (including phenoxy) is 2. The minimum Gasteiger partial charge on any atom is -0.493 e. The van der Waals surface area contributed by atoms with Crippen molar-refractivity contribution in [3.8, 4) is 34.1 Å². The maximum absolute atomic E-state index is 6.02. The van der Waals surface area contributed by atoms with Crippen LogP contribution in [0.1, 0.15) is 16.7 Å². The summed E-state index contributed by atoms with van der Waals surface area (Å²) in [6, 6.07) is 25.0. The Labute approximate surface area is 194 Å². The van der Waals surface area contributed by atoms with Gasteiger partial charge < -0.3 is 14.0 Å². The maximum Gasteiger partial charge on any atom is 0.171 e. The fourth-order valence-electron chi connectivity index (χ4n) is 4.57. The zero-order valence-electron chi connectivity index (χ0n) is 19.1. The normalized spacial score (nSPS) is 13.9. The Hall–Kier alpha value is -3.57. The summed E-state index contributed by atoms with van der Waals surface area (Å²) in [7, 11) is 3.34. The molecule has 0 saturated carbocycles. The average Bonchev–Trinajstić information content (AvgIpc) is 3.31. The van der Waals surface area contributed by atoms with E-state index in [-0.39, 0.29) is 0 Å². The van der Waals surface area contributed by atoms with Gasteiger partial charge in [0.2, 0.25) is 0 Å². The molecule has 0 spiro atoms. The van der Waals surface area contributed by atoms with Gasteiger partial charge in [-0.2, -0.15) is 0 Å². The second-order valence-electron chi connectivity index (χ2n) is 8.33. The van der Waals surface area contributed by atoms with Gasteiger partial charge in [0.1, 0.15) is 5.69 Å². The second kappa shape index (κ2) is 9.51. The molecule has 168 valence electrons. The minimum absolute atomic E-state index is 0.695. The highest BCUT2D eigenvalue weighted by Crippen LogP contribution is 2.40. The molecule has 0 N–H and O–H groups in total. The highest BCUT2D eigenvalue weighted by atomic mass is 16.5. The van der Waals surface area contributed by atoms with Crippen molar-refractivity contribution in [2.45, 2.75) is 19.4 Å². The predicted octanol–water partition coefficient (Wildman–Crippen LogP) is 5.63. The van der Waals surface area contributed by atoms with Crippen molar-refractivity contribution >= 4 is 0 Å². The number of nitrogens with zero attached hydrogens (tertiary/aromatic N) is 2. The van der Waals surface area contributed by atoms with Crippen LogP contribution in [0.25, 0.3) is 22.6 Å². The van der Waals surface area contributed by atoms with Gasteiger partial charge in [-0.05, 0) is 36.1 Å². The number of hydrogen-bond donors (Lipinski definition) is 0. The summed E-state index contributed by atoms with van der Waals surface area (Å²) in [5, 5.41) is 4.52. The first-order chi connectivity index (χ1) is 16.3. The minimum atomic E-state index is 0.695. The molecule has 0 bridgehead atoms. The third-order valence-corrected chi connectivity index (χ3v) is 6.31. The molecule has 5 nitrogen and oxygen atoms in total. The lowest BCUT2D eigenvalue weighted by Gasteiger charge is -2.22. The molecule has 3 aromatic carbocycles. The number of aromatic nitrogens is 1. The Morgan fingerprint density at radius 1 is 0.848 bits per heavy atom. The Morgan fingerprint density at radius 2 is 1.52 bits per heavy atom. The van der Waals surface area contributed by atoms with E-state index in [0.29, 0.717) is 5.75 Å². The average molecular weight is 441 g/mol. The van der Waals surface area contributed by atoms with Gasteiger partial charge in [-0.15, -0.1) is 0 Å². The van der Waals surface area contributed by atoms with Gasteiger partial charge in [0.05, 0.1) is 14.2 Å². The smallest absolute Gasteiger partial charge is 0.171 e. The van der Waals surface area contributed by atoms with Crippen LogP contribution in [0.15, 0.2) is 77.3 Å². The lowest BCUT2D eigenvalue weighted by atomic mass is 9.96. The largest absolute Gasteiger partial charge is 0.493 e. The van der Waals surface area contributed by atoms with Crippen LogP contribution in [0.3, 0.4) is 0 Å². The first-order valence-corrected chi connectivity index (χ1v) is 11.3. The highest BCUT2D eigenvalue weighted by molar-refractivity contribution is 5.76. The van der Waals surface area contributed by atoms with Crippen molar-refractivity contribution in [2.24, 2.45) is 0 Å². The van der Waals surface area contributed by atoms with Gasteiger partial charge >= 0.3 is 0 Å². The summed E-state index contributed by atoms with van der Waals surface area (Å²) in [5.41, 5.74) is 6.63. The molecule has 0 fully saturated rings. The van der Waals surface area contributed by atoms with Crippen molar-refractivity contribution in [1.82, 2.24) is 10.1 Å². The highest BCUT2D eigenvalue weighted by Gasteiger charge is 2.25. The van der Waals surface area contributed by atoms with Gasteiger partial charge in [-0.25, -0.2) is 0 Å². The Kier molecular flexibility index (Phi) is 6.13. The van der Waals surface area contributed by atoms with E-state index in [1.165, 1.54) is 11.1 Å². The maximum atomic E-state index is 6.02. The molecular formula is C28H28N2O3. The monoisotopic (exact) mass is 440 g/mol. The van der Waals surface area contributed by atoms with Crippen molar-refractivity contribution < 1.29 is 14.0 Å². The predicted molar refractivity (Wildman–Crippen MR) is 130 cm³/mol. The Balaban J connectivity index is 1.61. The van der Waals surface area contributed by atoms with E-state index < -0.39 is 0 Å². The summed E-state index contributed by atoms with van der Waals surface area (Å²) in [6.45, 7) is 2.77. The molecule has 33 heavy (non-hydrogen) atoms. The van der Waals surface area contributed by atoms with Crippen molar-refractivity contribution in [1.29, 1.82) is 0 Å². The fraction of sp³-hybridized carbons (Fsp3) is 0.250. The molecule has 2 heterocycles. The van der Waals surface area contributed by atoms with Crippen LogP contribution in [0.2, 0.25) is 0 Å². The number of rotatable bonds is 5. The molecule has 5 rings (SSSR count). The molecule has 0 radical (unpaired) electrons. The molecule has 5 heteroatoms. The van der Waals surface area contributed by atoms with E-state index in [1.807, 2.05) is 24.3 Å². The summed E-state index contributed by atoms with van der Waals surface area (Å²) in [6.07, 6.45) is 1.73. The van der Waals surface area contributed by atoms with Gasteiger partial charge in [-0.1, -0.05) is 65.8 Å². The van der Waals surface area contributed by atoms with E-state index in [4.69, 9.17) is 14.0 Å².